The molecule has 1 aromatic heterocycles. The quantitative estimate of drug-likeness (QED) is 0.435. The molecule has 1 aliphatic heterocycles. The third-order valence-electron chi connectivity index (χ3n) is 6.23. The van der Waals surface area contributed by atoms with E-state index >= 15 is 0 Å². The highest BCUT2D eigenvalue weighted by Gasteiger charge is 2.15. The van der Waals surface area contributed by atoms with Gasteiger partial charge in [-0.05, 0) is 80.4 Å². The van der Waals surface area contributed by atoms with Crippen LogP contribution in [-0.4, -0.2) is 52.3 Å². The molecule has 0 spiro atoms. The number of benzene rings is 2. The van der Waals surface area contributed by atoms with E-state index in [1.807, 2.05) is 42.8 Å². The van der Waals surface area contributed by atoms with E-state index < -0.39 is 0 Å². The van der Waals surface area contributed by atoms with Crippen molar-refractivity contribution in [2.45, 2.75) is 45.7 Å². The maximum absolute atomic E-state index is 12.9. The number of ether oxygens (including phenoxy) is 1. The topological polar surface area (TPSA) is 66.4 Å². The Bertz CT molecular complexity index is 1130. The van der Waals surface area contributed by atoms with Gasteiger partial charge in [-0.3, -0.25) is 14.5 Å². The first-order valence-corrected chi connectivity index (χ1v) is 12.4. The monoisotopic (exact) mass is 479 g/mol. The van der Waals surface area contributed by atoms with E-state index in [1.165, 1.54) is 24.9 Å². The average molecular weight is 480 g/mol. The van der Waals surface area contributed by atoms with Gasteiger partial charge >= 0.3 is 0 Å². The number of amides is 1. The minimum Gasteiger partial charge on any atom is -0.494 e. The van der Waals surface area contributed by atoms with Gasteiger partial charge in [0.05, 0.1) is 6.61 Å². The summed E-state index contributed by atoms with van der Waals surface area (Å²) in [5, 5.41) is 7.23. The molecule has 0 saturated carbocycles. The van der Waals surface area contributed by atoms with Gasteiger partial charge in [-0.1, -0.05) is 12.1 Å². The summed E-state index contributed by atoms with van der Waals surface area (Å²) in [6.45, 7) is 5.89. The van der Waals surface area contributed by atoms with Crippen molar-refractivity contribution in [3.8, 4) is 17.1 Å². The van der Waals surface area contributed by atoms with E-state index in [-0.39, 0.29) is 5.91 Å². The molecular weight excluding hydrogens is 446 g/mol. The van der Waals surface area contributed by atoms with Crippen LogP contribution in [0.4, 0.5) is 5.69 Å². The fourth-order valence-corrected chi connectivity index (χ4v) is 4.56. The molecule has 1 saturated heterocycles. The van der Waals surface area contributed by atoms with Crippen LogP contribution in [0.3, 0.4) is 0 Å². The molecule has 1 fully saturated rings. The Hall–Kier alpha value is -3.13. The van der Waals surface area contributed by atoms with Gasteiger partial charge in [-0.25, -0.2) is 0 Å². The van der Waals surface area contributed by atoms with Crippen LogP contribution < -0.4 is 9.64 Å². The summed E-state index contributed by atoms with van der Waals surface area (Å²) in [5.74, 6) is 1.60. The number of carbonyl (C=O) groups is 1. The number of aromatic nitrogens is 3. The molecule has 8 heteroatoms. The third kappa shape index (κ3) is 5.86. The van der Waals surface area contributed by atoms with Gasteiger partial charge in [0.25, 0.3) is 0 Å². The summed E-state index contributed by atoms with van der Waals surface area (Å²) in [4.78, 5) is 17.1. The molecular formula is C26H33N5O2S. The van der Waals surface area contributed by atoms with Crippen molar-refractivity contribution < 1.29 is 9.53 Å². The minimum atomic E-state index is 0.0702. The molecule has 34 heavy (non-hydrogen) atoms. The maximum atomic E-state index is 12.9. The van der Waals surface area contributed by atoms with Gasteiger partial charge in [0.1, 0.15) is 5.75 Å². The Morgan fingerprint density at radius 1 is 1.09 bits per heavy atom. The number of carbonyl (C=O) groups excluding carboxylic acids is 1. The second-order valence-corrected chi connectivity index (χ2v) is 9.06. The zero-order valence-electron chi connectivity index (χ0n) is 20.0. The van der Waals surface area contributed by atoms with Crippen LogP contribution in [0.5, 0.6) is 5.75 Å². The number of piperidine rings is 1. The number of hydrogen-bond donors (Lipinski definition) is 1. The van der Waals surface area contributed by atoms with Crippen molar-refractivity contribution >= 4 is 23.8 Å². The van der Waals surface area contributed by atoms with Crippen LogP contribution in [0.25, 0.3) is 11.4 Å². The van der Waals surface area contributed by atoms with E-state index in [4.69, 9.17) is 17.0 Å². The van der Waals surface area contributed by atoms with Gasteiger partial charge in [-0.2, -0.15) is 5.10 Å². The zero-order valence-corrected chi connectivity index (χ0v) is 20.8. The minimum absolute atomic E-state index is 0.0702. The first-order chi connectivity index (χ1) is 16.5. The molecule has 2 aromatic carbocycles. The molecule has 1 N–H and O–H groups in total. The Labute approximate surface area is 206 Å². The molecule has 7 nitrogen and oxygen atoms in total. The van der Waals surface area contributed by atoms with Crippen molar-refractivity contribution in [3.63, 3.8) is 0 Å². The predicted molar refractivity (Wildman–Crippen MR) is 138 cm³/mol. The van der Waals surface area contributed by atoms with Gasteiger partial charge in [0.15, 0.2) is 10.6 Å². The predicted octanol–water partition coefficient (Wildman–Crippen LogP) is 5.05. The van der Waals surface area contributed by atoms with E-state index in [0.29, 0.717) is 30.9 Å². The van der Waals surface area contributed by atoms with Crippen LogP contribution in [0.15, 0.2) is 48.5 Å². The molecule has 1 aliphatic rings. The van der Waals surface area contributed by atoms with E-state index in [9.17, 15) is 4.79 Å². The molecule has 0 radical (unpaired) electrons. The summed E-state index contributed by atoms with van der Waals surface area (Å²) >= 11 is 5.42. The molecule has 0 bridgehead atoms. The lowest BCUT2D eigenvalue weighted by Gasteiger charge is -2.29. The van der Waals surface area contributed by atoms with Crippen molar-refractivity contribution in [2.24, 2.45) is 0 Å². The fraction of sp³-hybridized carbons (Fsp3) is 0.423. The van der Waals surface area contributed by atoms with Gasteiger partial charge < -0.3 is 14.5 Å². The summed E-state index contributed by atoms with van der Waals surface area (Å²) in [7, 11) is 1.85. The fourth-order valence-electron chi connectivity index (χ4n) is 4.34. The van der Waals surface area contributed by atoms with Crippen LogP contribution in [0.2, 0.25) is 0 Å². The standard InChI is InChI=1S/C26H33N5O2S/c1-3-33-23-13-9-21(10-14-23)25-27-28-26(34)31(25)18-15-24(32)29(2)19-20-7-11-22(12-8-20)30-16-5-4-6-17-30/h7-14H,3-6,15-19H2,1-2H3,(H,28,34). The SMILES string of the molecule is CCOc1ccc(-c2n[nH]c(=S)n2CCC(=O)N(C)Cc2ccc(N3CCCCC3)cc2)cc1. The number of hydrogen-bond acceptors (Lipinski definition) is 5. The number of H-pyrrole nitrogens is 1. The lowest BCUT2D eigenvalue weighted by atomic mass is 10.1. The lowest BCUT2D eigenvalue weighted by Crippen LogP contribution is -2.29. The zero-order chi connectivity index (χ0) is 23.9. The molecule has 1 amide bonds. The largest absolute Gasteiger partial charge is 0.494 e. The Morgan fingerprint density at radius 2 is 1.79 bits per heavy atom. The number of nitrogens with one attached hydrogen (secondary N) is 1. The van der Waals surface area contributed by atoms with Crippen molar-refractivity contribution in [3.05, 3.63) is 58.9 Å². The first kappa shape index (κ1) is 24.0. The maximum Gasteiger partial charge on any atom is 0.224 e. The van der Waals surface area contributed by atoms with Crippen molar-refractivity contribution in [2.75, 3.05) is 31.6 Å². The van der Waals surface area contributed by atoms with Gasteiger partial charge in [-0.15, -0.1) is 0 Å². The summed E-state index contributed by atoms with van der Waals surface area (Å²) in [6.07, 6.45) is 4.20. The van der Waals surface area contributed by atoms with Crippen molar-refractivity contribution in [1.82, 2.24) is 19.7 Å². The smallest absolute Gasteiger partial charge is 0.224 e. The second kappa shape index (κ2) is 11.3. The number of anilines is 1. The highest BCUT2D eigenvalue weighted by atomic mass is 32.1. The third-order valence-corrected chi connectivity index (χ3v) is 6.55. The molecule has 2 heterocycles. The van der Waals surface area contributed by atoms with Gasteiger partial charge in [0.2, 0.25) is 5.91 Å². The van der Waals surface area contributed by atoms with Crippen LogP contribution in [0, 0.1) is 4.77 Å². The molecule has 0 unspecified atom stereocenters. The number of rotatable bonds is 9. The number of nitrogens with zero attached hydrogens (tertiary/aromatic N) is 4. The van der Waals surface area contributed by atoms with Crippen LogP contribution in [0.1, 0.15) is 38.2 Å². The van der Waals surface area contributed by atoms with Crippen molar-refractivity contribution in [1.29, 1.82) is 0 Å². The molecule has 180 valence electrons. The normalized spacial score (nSPS) is 13.6. The van der Waals surface area contributed by atoms with E-state index in [1.54, 1.807) is 4.90 Å². The highest BCUT2D eigenvalue weighted by molar-refractivity contribution is 7.71. The van der Waals surface area contributed by atoms with E-state index in [0.717, 1.165) is 35.8 Å². The molecule has 0 aliphatic carbocycles. The van der Waals surface area contributed by atoms with Crippen LogP contribution >= 0.6 is 12.2 Å². The molecule has 0 atom stereocenters. The molecule has 4 rings (SSSR count). The van der Waals surface area contributed by atoms with Gasteiger partial charge in [0, 0.05) is 50.9 Å². The first-order valence-electron chi connectivity index (χ1n) is 12.0. The lowest BCUT2D eigenvalue weighted by molar-refractivity contribution is -0.130. The van der Waals surface area contributed by atoms with E-state index in [2.05, 4.69) is 39.4 Å². The number of aromatic amines is 1. The second-order valence-electron chi connectivity index (χ2n) is 8.68. The summed E-state index contributed by atoms with van der Waals surface area (Å²) < 4.78 is 7.90. The summed E-state index contributed by atoms with van der Waals surface area (Å²) in [6, 6.07) is 16.3. The molecule has 3 aromatic rings. The average Bonchev–Trinajstić information content (AvgIpc) is 3.24. The Balaban J connectivity index is 1.34. The Kier molecular flexibility index (Phi) is 8.00. The van der Waals surface area contributed by atoms with Crippen LogP contribution in [-0.2, 0) is 17.9 Å². The highest BCUT2D eigenvalue weighted by Crippen LogP contribution is 2.22. The summed E-state index contributed by atoms with van der Waals surface area (Å²) in [5.41, 5.74) is 3.32. The Morgan fingerprint density at radius 3 is 2.47 bits per heavy atom.